The van der Waals surface area contributed by atoms with Crippen LogP contribution in [0.4, 0.5) is 0 Å². The predicted molar refractivity (Wildman–Crippen MR) is 59.4 cm³/mol. The van der Waals surface area contributed by atoms with Gasteiger partial charge in [0.05, 0.1) is 0 Å². The average molecular weight is 197 g/mol. The summed E-state index contributed by atoms with van der Waals surface area (Å²) in [4.78, 5) is 13.5. The second kappa shape index (κ2) is 4.92. The van der Waals surface area contributed by atoms with Crippen LogP contribution in [0, 0.1) is 5.41 Å². The van der Waals surface area contributed by atoms with Gasteiger partial charge in [0, 0.05) is 19.4 Å². The molecule has 2 nitrogen and oxygen atoms in total. The maximum atomic E-state index is 11.2. The number of nitrogens with zero attached hydrogens (tertiary/aromatic N) is 1. The van der Waals surface area contributed by atoms with Gasteiger partial charge >= 0.3 is 0 Å². The lowest BCUT2D eigenvalue weighted by molar-refractivity contribution is -0.122. The van der Waals surface area contributed by atoms with Gasteiger partial charge in [-0.05, 0) is 38.8 Å². The summed E-state index contributed by atoms with van der Waals surface area (Å²) in [5.74, 6) is 0.468. The zero-order chi connectivity index (χ0) is 10.6. The first-order valence-corrected chi connectivity index (χ1v) is 5.74. The lowest BCUT2D eigenvalue weighted by Crippen LogP contribution is -2.37. The monoisotopic (exact) mass is 197 g/mol. The molecule has 2 heteroatoms. The summed E-state index contributed by atoms with van der Waals surface area (Å²) in [5.41, 5.74) is 0.437. The van der Waals surface area contributed by atoms with Crippen LogP contribution in [0.5, 0.6) is 0 Å². The van der Waals surface area contributed by atoms with Crippen LogP contribution in [0.15, 0.2) is 0 Å². The van der Waals surface area contributed by atoms with Gasteiger partial charge in [0.25, 0.3) is 0 Å². The van der Waals surface area contributed by atoms with Crippen molar-refractivity contribution in [1.82, 2.24) is 4.90 Å². The number of carbonyl (C=O) groups is 1. The molecule has 1 rings (SSSR count). The van der Waals surface area contributed by atoms with Crippen LogP contribution in [-0.4, -0.2) is 31.3 Å². The van der Waals surface area contributed by atoms with Crippen LogP contribution < -0.4 is 0 Å². The molecule has 0 heterocycles. The van der Waals surface area contributed by atoms with Crippen molar-refractivity contribution >= 4 is 5.78 Å². The molecule has 0 amide bonds. The zero-order valence-electron chi connectivity index (χ0n) is 9.81. The first-order valence-electron chi connectivity index (χ1n) is 5.74. The van der Waals surface area contributed by atoms with Crippen LogP contribution in [0.2, 0.25) is 0 Å². The molecule has 1 aliphatic rings. The lowest BCUT2D eigenvalue weighted by Gasteiger charge is -2.38. The Bertz CT molecular complexity index is 188. The van der Waals surface area contributed by atoms with Crippen molar-refractivity contribution in [1.29, 1.82) is 0 Å². The van der Waals surface area contributed by atoms with Gasteiger partial charge in [-0.1, -0.05) is 13.3 Å². The van der Waals surface area contributed by atoms with E-state index < -0.39 is 0 Å². The van der Waals surface area contributed by atoms with E-state index >= 15 is 0 Å². The second-order valence-electron chi connectivity index (χ2n) is 5.03. The largest absolute Gasteiger partial charge is 0.309 e. The summed E-state index contributed by atoms with van der Waals surface area (Å²) in [6.45, 7) is 3.39. The molecule has 0 N–H and O–H groups in total. The van der Waals surface area contributed by atoms with Crippen LogP contribution >= 0.6 is 0 Å². The van der Waals surface area contributed by atoms with Gasteiger partial charge in [-0.25, -0.2) is 0 Å². The SMILES string of the molecule is CCCC1(CN(C)C)CCC(=O)CC1. The van der Waals surface area contributed by atoms with Gasteiger partial charge in [-0.2, -0.15) is 0 Å². The average Bonchev–Trinajstić information content (AvgIpc) is 2.10. The Morgan fingerprint density at radius 2 is 1.86 bits per heavy atom. The Labute approximate surface area is 87.7 Å². The van der Waals surface area contributed by atoms with E-state index in [1.54, 1.807) is 0 Å². The summed E-state index contributed by atoms with van der Waals surface area (Å²) >= 11 is 0. The molecule has 0 unspecified atom stereocenters. The quantitative estimate of drug-likeness (QED) is 0.690. The molecule has 0 aliphatic heterocycles. The Morgan fingerprint density at radius 3 is 2.29 bits per heavy atom. The maximum Gasteiger partial charge on any atom is 0.132 e. The summed E-state index contributed by atoms with van der Waals surface area (Å²) in [6.07, 6.45) is 6.36. The van der Waals surface area contributed by atoms with Crippen molar-refractivity contribution in [3.05, 3.63) is 0 Å². The maximum absolute atomic E-state index is 11.2. The van der Waals surface area contributed by atoms with Gasteiger partial charge in [0.15, 0.2) is 0 Å². The van der Waals surface area contributed by atoms with E-state index in [1.165, 1.54) is 12.8 Å². The summed E-state index contributed by atoms with van der Waals surface area (Å²) in [7, 11) is 4.27. The molecule has 0 aromatic carbocycles. The van der Waals surface area contributed by atoms with Crippen LogP contribution in [0.1, 0.15) is 45.4 Å². The molecule has 0 aromatic heterocycles. The third kappa shape index (κ3) is 3.09. The fraction of sp³-hybridized carbons (Fsp3) is 0.917. The number of Topliss-reactive ketones (excluding diaryl/α,β-unsaturated/α-hetero) is 1. The van der Waals surface area contributed by atoms with Crippen LogP contribution in [0.3, 0.4) is 0 Å². The molecule has 14 heavy (non-hydrogen) atoms. The minimum atomic E-state index is 0.437. The second-order valence-corrected chi connectivity index (χ2v) is 5.03. The number of rotatable bonds is 4. The Hall–Kier alpha value is -0.370. The molecular weight excluding hydrogens is 174 g/mol. The van der Waals surface area contributed by atoms with E-state index in [-0.39, 0.29) is 0 Å². The molecular formula is C12H23NO. The molecule has 0 saturated heterocycles. The minimum Gasteiger partial charge on any atom is -0.309 e. The molecule has 0 aromatic rings. The Kier molecular flexibility index (Phi) is 4.11. The van der Waals surface area contributed by atoms with Gasteiger partial charge in [-0.15, -0.1) is 0 Å². The standard InChI is InChI=1S/C12H23NO/c1-4-7-12(10-13(2)3)8-5-11(14)6-9-12/h4-10H2,1-3H3. The number of ketones is 1. The molecule has 0 bridgehead atoms. The van der Waals surface area contributed by atoms with E-state index in [9.17, 15) is 4.79 Å². The van der Waals surface area contributed by atoms with Crippen LogP contribution in [-0.2, 0) is 4.79 Å². The van der Waals surface area contributed by atoms with E-state index in [0.717, 1.165) is 32.2 Å². The fourth-order valence-electron chi connectivity index (χ4n) is 2.75. The molecule has 0 radical (unpaired) electrons. The highest BCUT2D eigenvalue weighted by Crippen LogP contribution is 2.39. The number of hydrogen-bond acceptors (Lipinski definition) is 2. The van der Waals surface area contributed by atoms with E-state index in [0.29, 0.717) is 11.2 Å². The first-order chi connectivity index (χ1) is 6.58. The normalized spacial score (nSPS) is 21.6. The lowest BCUT2D eigenvalue weighted by atomic mass is 9.70. The predicted octanol–water partition coefficient (Wildman–Crippen LogP) is 2.48. The van der Waals surface area contributed by atoms with Crippen molar-refractivity contribution in [3.8, 4) is 0 Å². The smallest absolute Gasteiger partial charge is 0.132 e. The molecule has 82 valence electrons. The van der Waals surface area contributed by atoms with E-state index in [2.05, 4.69) is 25.9 Å². The van der Waals surface area contributed by atoms with Crippen molar-refractivity contribution in [2.24, 2.45) is 5.41 Å². The van der Waals surface area contributed by atoms with Crippen molar-refractivity contribution in [2.45, 2.75) is 45.4 Å². The highest BCUT2D eigenvalue weighted by molar-refractivity contribution is 5.79. The number of hydrogen-bond donors (Lipinski definition) is 0. The summed E-state index contributed by atoms with van der Waals surface area (Å²) < 4.78 is 0. The van der Waals surface area contributed by atoms with Gasteiger partial charge in [-0.3, -0.25) is 4.79 Å². The molecule has 0 spiro atoms. The molecule has 0 atom stereocenters. The highest BCUT2D eigenvalue weighted by Gasteiger charge is 2.33. The van der Waals surface area contributed by atoms with Gasteiger partial charge in [0.2, 0.25) is 0 Å². The Balaban J connectivity index is 2.57. The van der Waals surface area contributed by atoms with Crippen molar-refractivity contribution in [3.63, 3.8) is 0 Å². The topological polar surface area (TPSA) is 20.3 Å². The molecule has 1 saturated carbocycles. The van der Waals surface area contributed by atoms with E-state index in [1.807, 2.05) is 0 Å². The number of carbonyl (C=O) groups excluding carboxylic acids is 1. The van der Waals surface area contributed by atoms with Crippen LogP contribution in [0.25, 0.3) is 0 Å². The zero-order valence-corrected chi connectivity index (χ0v) is 9.81. The molecule has 1 fully saturated rings. The Morgan fingerprint density at radius 1 is 1.29 bits per heavy atom. The summed E-state index contributed by atoms with van der Waals surface area (Å²) in [5, 5.41) is 0. The fourth-order valence-corrected chi connectivity index (χ4v) is 2.75. The summed E-state index contributed by atoms with van der Waals surface area (Å²) in [6, 6.07) is 0. The third-order valence-electron chi connectivity index (χ3n) is 3.30. The van der Waals surface area contributed by atoms with Gasteiger partial charge in [0.1, 0.15) is 5.78 Å². The van der Waals surface area contributed by atoms with Gasteiger partial charge < -0.3 is 4.90 Å². The highest BCUT2D eigenvalue weighted by atomic mass is 16.1. The van der Waals surface area contributed by atoms with Crippen molar-refractivity contribution < 1.29 is 4.79 Å². The van der Waals surface area contributed by atoms with E-state index in [4.69, 9.17) is 0 Å². The minimum absolute atomic E-state index is 0.437. The third-order valence-corrected chi connectivity index (χ3v) is 3.30. The van der Waals surface area contributed by atoms with Crippen molar-refractivity contribution in [2.75, 3.05) is 20.6 Å². The molecule has 1 aliphatic carbocycles. The first kappa shape index (κ1) is 11.7.